The fraction of sp³-hybridized carbons (Fsp3) is 1.00. The van der Waals surface area contributed by atoms with Crippen LogP contribution in [0.5, 0.6) is 0 Å². The van der Waals surface area contributed by atoms with Crippen molar-refractivity contribution >= 4 is 0 Å². The van der Waals surface area contributed by atoms with Gasteiger partial charge in [-0.05, 0) is 31.2 Å². The Hall–Kier alpha value is -0.0800. The first kappa shape index (κ1) is 15.0. The van der Waals surface area contributed by atoms with Crippen LogP contribution in [0.4, 0.5) is 0 Å². The lowest BCUT2D eigenvalue weighted by Gasteiger charge is -2.16. The third-order valence-corrected chi connectivity index (χ3v) is 3.85. The van der Waals surface area contributed by atoms with E-state index in [0.717, 1.165) is 31.3 Å². The second kappa shape index (κ2) is 8.93. The summed E-state index contributed by atoms with van der Waals surface area (Å²) in [4.78, 5) is 0. The molecule has 1 fully saturated rings. The van der Waals surface area contributed by atoms with E-state index in [9.17, 15) is 5.11 Å². The third-order valence-electron chi connectivity index (χ3n) is 3.85. The molecule has 1 aliphatic carbocycles. The van der Waals surface area contributed by atoms with Crippen LogP contribution in [0.3, 0.4) is 0 Å². The first-order valence-corrected chi connectivity index (χ1v) is 7.57. The number of hydrogen-bond donors (Lipinski definition) is 2. The van der Waals surface area contributed by atoms with E-state index in [1.54, 1.807) is 0 Å². The lowest BCUT2D eigenvalue weighted by molar-refractivity contribution is 0.141. The van der Waals surface area contributed by atoms with Crippen molar-refractivity contribution in [2.24, 2.45) is 11.8 Å². The van der Waals surface area contributed by atoms with Gasteiger partial charge >= 0.3 is 0 Å². The van der Waals surface area contributed by atoms with Crippen molar-refractivity contribution in [2.75, 3.05) is 13.1 Å². The van der Waals surface area contributed by atoms with Gasteiger partial charge in [-0.3, -0.25) is 0 Å². The van der Waals surface area contributed by atoms with Gasteiger partial charge < -0.3 is 10.4 Å². The van der Waals surface area contributed by atoms with Crippen molar-refractivity contribution in [2.45, 2.75) is 71.3 Å². The third kappa shape index (κ3) is 7.77. The first-order valence-electron chi connectivity index (χ1n) is 7.57. The molecule has 102 valence electrons. The van der Waals surface area contributed by atoms with Crippen LogP contribution in [-0.2, 0) is 0 Å². The molecule has 0 spiro atoms. The Morgan fingerprint density at radius 3 is 2.53 bits per heavy atom. The van der Waals surface area contributed by atoms with Crippen LogP contribution in [0.1, 0.15) is 65.2 Å². The van der Waals surface area contributed by atoms with Gasteiger partial charge in [0, 0.05) is 6.54 Å². The maximum absolute atomic E-state index is 9.89. The number of aliphatic hydroxyl groups is 1. The maximum atomic E-state index is 9.89. The average molecular weight is 241 g/mol. The fourth-order valence-corrected chi connectivity index (χ4v) is 2.79. The van der Waals surface area contributed by atoms with E-state index in [4.69, 9.17) is 0 Å². The maximum Gasteiger partial charge on any atom is 0.0667 e. The summed E-state index contributed by atoms with van der Waals surface area (Å²) in [5, 5.41) is 13.3. The molecule has 0 radical (unpaired) electrons. The van der Waals surface area contributed by atoms with Crippen molar-refractivity contribution in [3.05, 3.63) is 0 Å². The van der Waals surface area contributed by atoms with Crippen molar-refractivity contribution in [1.29, 1.82) is 0 Å². The lowest BCUT2D eigenvalue weighted by atomic mass is 10.00. The van der Waals surface area contributed by atoms with Crippen molar-refractivity contribution in [3.63, 3.8) is 0 Å². The number of aliphatic hydroxyl groups excluding tert-OH is 1. The van der Waals surface area contributed by atoms with Crippen LogP contribution in [0.25, 0.3) is 0 Å². The number of nitrogens with one attached hydrogen (secondary N) is 1. The van der Waals surface area contributed by atoms with Crippen LogP contribution in [-0.4, -0.2) is 24.3 Å². The molecule has 1 atom stereocenters. The minimum Gasteiger partial charge on any atom is -0.392 e. The van der Waals surface area contributed by atoms with E-state index in [2.05, 4.69) is 19.2 Å². The fourth-order valence-electron chi connectivity index (χ4n) is 2.79. The molecule has 1 aliphatic rings. The average Bonchev–Trinajstić information content (AvgIpc) is 2.75. The molecule has 0 bridgehead atoms. The summed E-state index contributed by atoms with van der Waals surface area (Å²) in [6, 6.07) is 0. The molecule has 0 heterocycles. The van der Waals surface area contributed by atoms with Crippen molar-refractivity contribution in [1.82, 2.24) is 5.32 Å². The highest BCUT2D eigenvalue weighted by Crippen LogP contribution is 2.28. The summed E-state index contributed by atoms with van der Waals surface area (Å²) in [5.74, 6) is 1.62. The van der Waals surface area contributed by atoms with Crippen molar-refractivity contribution in [3.8, 4) is 0 Å². The molecule has 1 saturated carbocycles. The Morgan fingerprint density at radius 1 is 1.18 bits per heavy atom. The Kier molecular flexibility index (Phi) is 7.87. The molecule has 2 N–H and O–H groups in total. The SMILES string of the molecule is CC(C)CCCCNCC(O)CC1CCCC1. The molecular weight excluding hydrogens is 210 g/mol. The van der Waals surface area contributed by atoms with E-state index >= 15 is 0 Å². The summed E-state index contributed by atoms with van der Waals surface area (Å²) < 4.78 is 0. The molecular formula is C15H31NO. The Balaban J connectivity index is 1.87. The van der Waals surface area contributed by atoms with Gasteiger partial charge in [-0.25, -0.2) is 0 Å². The summed E-state index contributed by atoms with van der Waals surface area (Å²) in [6.07, 6.45) is 10.2. The Bertz CT molecular complexity index is 176. The molecule has 1 unspecified atom stereocenters. The van der Waals surface area contributed by atoms with E-state index in [0.29, 0.717) is 0 Å². The van der Waals surface area contributed by atoms with Crippen LogP contribution < -0.4 is 5.32 Å². The second-order valence-corrected chi connectivity index (χ2v) is 6.13. The van der Waals surface area contributed by atoms with Gasteiger partial charge in [-0.15, -0.1) is 0 Å². The minimum atomic E-state index is -0.122. The zero-order valence-corrected chi connectivity index (χ0v) is 11.8. The van der Waals surface area contributed by atoms with Gasteiger partial charge in [0.15, 0.2) is 0 Å². The smallest absolute Gasteiger partial charge is 0.0667 e. The molecule has 0 aromatic rings. The van der Waals surface area contributed by atoms with Gasteiger partial charge in [-0.2, -0.15) is 0 Å². The first-order chi connectivity index (χ1) is 8.18. The molecule has 2 heteroatoms. The molecule has 0 aromatic heterocycles. The molecule has 2 nitrogen and oxygen atoms in total. The number of unbranched alkanes of at least 4 members (excludes halogenated alkanes) is 1. The molecule has 0 aliphatic heterocycles. The summed E-state index contributed by atoms with van der Waals surface area (Å²) >= 11 is 0. The van der Waals surface area contributed by atoms with E-state index in [1.165, 1.54) is 44.9 Å². The zero-order chi connectivity index (χ0) is 12.5. The number of hydrogen-bond acceptors (Lipinski definition) is 2. The highest BCUT2D eigenvalue weighted by Gasteiger charge is 2.18. The Morgan fingerprint density at radius 2 is 1.88 bits per heavy atom. The number of rotatable bonds is 9. The topological polar surface area (TPSA) is 32.3 Å². The van der Waals surface area contributed by atoms with Crippen LogP contribution in [0.15, 0.2) is 0 Å². The normalized spacial score (nSPS) is 19.1. The molecule has 1 rings (SSSR count). The van der Waals surface area contributed by atoms with Gasteiger partial charge in [0.1, 0.15) is 0 Å². The van der Waals surface area contributed by atoms with Crippen molar-refractivity contribution < 1.29 is 5.11 Å². The van der Waals surface area contributed by atoms with E-state index < -0.39 is 0 Å². The summed E-state index contributed by atoms with van der Waals surface area (Å²) in [7, 11) is 0. The Labute approximate surface area is 107 Å². The standard InChI is InChI=1S/C15H31NO/c1-13(2)7-5-6-10-16-12-15(17)11-14-8-3-4-9-14/h13-17H,3-12H2,1-2H3. The predicted octanol–water partition coefficient (Wildman–Crippen LogP) is 3.34. The van der Waals surface area contributed by atoms with Gasteiger partial charge in [-0.1, -0.05) is 52.4 Å². The van der Waals surface area contributed by atoms with Crippen LogP contribution in [0.2, 0.25) is 0 Å². The largest absolute Gasteiger partial charge is 0.392 e. The quantitative estimate of drug-likeness (QED) is 0.607. The van der Waals surface area contributed by atoms with Gasteiger partial charge in [0.25, 0.3) is 0 Å². The predicted molar refractivity (Wildman–Crippen MR) is 74.1 cm³/mol. The van der Waals surface area contributed by atoms with E-state index in [-0.39, 0.29) is 6.10 Å². The molecule has 0 saturated heterocycles. The van der Waals surface area contributed by atoms with Gasteiger partial charge in [0.2, 0.25) is 0 Å². The van der Waals surface area contributed by atoms with Gasteiger partial charge in [0.05, 0.1) is 6.10 Å². The zero-order valence-electron chi connectivity index (χ0n) is 11.8. The van der Waals surface area contributed by atoms with E-state index in [1.807, 2.05) is 0 Å². The second-order valence-electron chi connectivity index (χ2n) is 6.13. The van der Waals surface area contributed by atoms with Crippen LogP contribution >= 0.6 is 0 Å². The highest BCUT2D eigenvalue weighted by atomic mass is 16.3. The minimum absolute atomic E-state index is 0.122. The monoisotopic (exact) mass is 241 g/mol. The highest BCUT2D eigenvalue weighted by molar-refractivity contribution is 4.72. The molecule has 0 aromatic carbocycles. The molecule has 0 amide bonds. The summed E-state index contributed by atoms with van der Waals surface area (Å²) in [6.45, 7) is 6.41. The lowest BCUT2D eigenvalue weighted by Crippen LogP contribution is -2.29. The summed E-state index contributed by atoms with van der Waals surface area (Å²) in [5.41, 5.74) is 0. The van der Waals surface area contributed by atoms with Crippen LogP contribution in [0, 0.1) is 11.8 Å². The molecule has 17 heavy (non-hydrogen) atoms.